The first kappa shape index (κ1) is 9.16. The number of hydrogen-bond acceptors (Lipinski definition) is 3. The zero-order valence-electron chi connectivity index (χ0n) is 8.04. The van der Waals surface area contributed by atoms with Gasteiger partial charge in [-0.25, -0.2) is 0 Å². The third-order valence-corrected chi connectivity index (χ3v) is 3.09. The molecule has 1 aliphatic heterocycles. The van der Waals surface area contributed by atoms with Crippen molar-refractivity contribution in [1.29, 1.82) is 0 Å². The zero-order valence-corrected chi connectivity index (χ0v) is 8.04. The van der Waals surface area contributed by atoms with Crippen LogP contribution in [0.4, 0.5) is 0 Å². The molecule has 74 valence electrons. The molecule has 3 nitrogen and oxygen atoms in total. The lowest BCUT2D eigenvalue weighted by atomic mass is 9.91. The molecule has 1 aliphatic carbocycles. The number of ether oxygens (including phenoxy) is 2. The summed E-state index contributed by atoms with van der Waals surface area (Å²) >= 11 is 0. The lowest BCUT2D eigenvalue weighted by Crippen LogP contribution is -2.53. The van der Waals surface area contributed by atoms with Crippen molar-refractivity contribution >= 4 is 5.78 Å². The minimum absolute atomic E-state index is 0.00347. The van der Waals surface area contributed by atoms with Crippen LogP contribution >= 0.6 is 0 Å². The number of rotatable bonds is 0. The number of Topliss-reactive ketones (excluding diaryl/α,β-unsaturated/α-hetero) is 1. The zero-order chi connectivity index (χ0) is 9.31. The van der Waals surface area contributed by atoms with E-state index in [1.807, 2.05) is 6.92 Å². The fourth-order valence-electron chi connectivity index (χ4n) is 2.18. The molecule has 0 N–H and O–H groups in total. The maximum atomic E-state index is 11.8. The van der Waals surface area contributed by atoms with Crippen molar-refractivity contribution in [2.24, 2.45) is 0 Å². The molecule has 0 aromatic carbocycles. The highest BCUT2D eigenvalue weighted by Crippen LogP contribution is 2.32. The maximum Gasteiger partial charge on any atom is 0.167 e. The maximum absolute atomic E-state index is 11.8. The standard InChI is InChI=1S/C10H16O3/c1-10-8(11)4-2-3-5-9(10)12-6-7-13-10/h9H,2-7H2,1H3/t9?,10-/m1/s1. The van der Waals surface area contributed by atoms with E-state index in [0.717, 1.165) is 19.3 Å². The Morgan fingerprint density at radius 1 is 1.38 bits per heavy atom. The molecule has 2 atom stereocenters. The first-order valence-electron chi connectivity index (χ1n) is 5.02. The molecule has 0 spiro atoms. The number of carbonyl (C=O) groups excluding carboxylic acids is 1. The van der Waals surface area contributed by atoms with Crippen LogP contribution in [0.5, 0.6) is 0 Å². The Morgan fingerprint density at radius 2 is 2.23 bits per heavy atom. The Balaban J connectivity index is 2.21. The van der Waals surface area contributed by atoms with Crippen LogP contribution in [0, 0.1) is 0 Å². The smallest absolute Gasteiger partial charge is 0.167 e. The van der Waals surface area contributed by atoms with Gasteiger partial charge in [0.15, 0.2) is 5.78 Å². The van der Waals surface area contributed by atoms with Crippen molar-refractivity contribution in [3.05, 3.63) is 0 Å². The van der Waals surface area contributed by atoms with Gasteiger partial charge >= 0.3 is 0 Å². The van der Waals surface area contributed by atoms with Gasteiger partial charge in [-0.2, -0.15) is 0 Å². The predicted octanol–water partition coefficient (Wildman–Crippen LogP) is 1.30. The molecule has 1 saturated heterocycles. The summed E-state index contributed by atoms with van der Waals surface area (Å²) in [7, 11) is 0. The second-order valence-corrected chi connectivity index (χ2v) is 3.98. The highest BCUT2D eigenvalue weighted by atomic mass is 16.6. The van der Waals surface area contributed by atoms with E-state index in [2.05, 4.69) is 0 Å². The van der Waals surface area contributed by atoms with Crippen molar-refractivity contribution in [3.8, 4) is 0 Å². The molecule has 0 amide bonds. The van der Waals surface area contributed by atoms with Gasteiger partial charge in [0, 0.05) is 6.42 Å². The molecule has 1 saturated carbocycles. The van der Waals surface area contributed by atoms with Gasteiger partial charge in [0.1, 0.15) is 5.60 Å². The topological polar surface area (TPSA) is 35.5 Å². The van der Waals surface area contributed by atoms with Gasteiger partial charge in [-0.05, 0) is 19.8 Å². The molecule has 0 aromatic rings. The summed E-state index contributed by atoms with van der Waals surface area (Å²) in [5.74, 6) is 0.217. The van der Waals surface area contributed by atoms with E-state index >= 15 is 0 Å². The largest absolute Gasteiger partial charge is 0.372 e. The Hall–Kier alpha value is -0.410. The first-order chi connectivity index (χ1) is 6.23. The van der Waals surface area contributed by atoms with Crippen LogP contribution < -0.4 is 0 Å². The summed E-state index contributed by atoms with van der Waals surface area (Å²) in [5, 5.41) is 0. The van der Waals surface area contributed by atoms with Gasteiger partial charge in [-0.3, -0.25) is 4.79 Å². The van der Waals surface area contributed by atoms with Crippen molar-refractivity contribution < 1.29 is 14.3 Å². The van der Waals surface area contributed by atoms with Crippen LogP contribution in [0.15, 0.2) is 0 Å². The van der Waals surface area contributed by atoms with Crippen LogP contribution in [0.25, 0.3) is 0 Å². The van der Waals surface area contributed by atoms with Crippen LogP contribution in [-0.2, 0) is 14.3 Å². The van der Waals surface area contributed by atoms with Gasteiger partial charge < -0.3 is 9.47 Å². The molecule has 2 aliphatic rings. The molecule has 0 bridgehead atoms. The predicted molar refractivity (Wildman–Crippen MR) is 47.6 cm³/mol. The van der Waals surface area contributed by atoms with E-state index < -0.39 is 5.60 Å². The van der Waals surface area contributed by atoms with Crippen molar-refractivity contribution in [1.82, 2.24) is 0 Å². The van der Waals surface area contributed by atoms with Crippen molar-refractivity contribution in [2.45, 2.75) is 44.3 Å². The summed E-state index contributed by atoms with van der Waals surface area (Å²) in [6.07, 6.45) is 3.67. The highest BCUT2D eigenvalue weighted by molar-refractivity contribution is 5.88. The van der Waals surface area contributed by atoms with E-state index in [4.69, 9.17) is 9.47 Å². The van der Waals surface area contributed by atoms with Gasteiger partial charge in [0.2, 0.25) is 0 Å². The molecule has 13 heavy (non-hydrogen) atoms. The Morgan fingerprint density at radius 3 is 3.08 bits per heavy atom. The second kappa shape index (κ2) is 3.39. The molecule has 2 rings (SSSR count). The van der Waals surface area contributed by atoms with E-state index in [9.17, 15) is 4.79 Å². The number of hydrogen-bond donors (Lipinski definition) is 0. The highest BCUT2D eigenvalue weighted by Gasteiger charge is 2.45. The fourth-order valence-corrected chi connectivity index (χ4v) is 2.18. The summed E-state index contributed by atoms with van der Waals surface area (Å²) in [5.41, 5.74) is -0.644. The lowest BCUT2D eigenvalue weighted by molar-refractivity contribution is -0.197. The first-order valence-corrected chi connectivity index (χ1v) is 5.02. The monoisotopic (exact) mass is 184 g/mol. The lowest BCUT2D eigenvalue weighted by Gasteiger charge is -2.38. The minimum Gasteiger partial charge on any atom is -0.372 e. The van der Waals surface area contributed by atoms with Crippen LogP contribution in [0.3, 0.4) is 0 Å². The van der Waals surface area contributed by atoms with E-state index in [1.165, 1.54) is 0 Å². The Kier molecular flexibility index (Phi) is 2.39. The van der Waals surface area contributed by atoms with Gasteiger partial charge in [-0.15, -0.1) is 0 Å². The van der Waals surface area contributed by atoms with Crippen molar-refractivity contribution in [3.63, 3.8) is 0 Å². The minimum atomic E-state index is -0.644. The molecular weight excluding hydrogens is 168 g/mol. The third kappa shape index (κ3) is 1.51. The Labute approximate surface area is 78.4 Å². The van der Waals surface area contributed by atoms with Gasteiger partial charge in [0.05, 0.1) is 19.3 Å². The molecule has 0 radical (unpaired) electrons. The summed E-state index contributed by atoms with van der Waals surface area (Å²) < 4.78 is 11.2. The van der Waals surface area contributed by atoms with E-state index in [0.29, 0.717) is 19.6 Å². The number of fused-ring (bicyclic) bond motifs is 1. The summed E-state index contributed by atoms with van der Waals surface area (Å²) in [4.78, 5) is 11.8. The average molecular weight is 184 g/mol. The molecule has 2 fully saturated rings. The summed E-state index contributed by atoms with van der Waals surface area (Å²) in [6.45, 7) is 3.07. The van der Waals surface area contributed by atoms with E-state index in [1.54, 1.807) is 0 Å². The molecule has 1 heterocycles. The molecular formula is C10H16O3. The van der Waals surface area contributed by atoms with Gasteiger partial charge in [0.25, 0.3) is 0 Å². The SMILES string of the molecule is C[C@]12OCCOC1CCCCC2=O. The molecule has 1 unspecified atom stereocenters. The van der Waals surface area contributed by atoms with E-state index in [-0.39, 0.29) is 11.9 Å². The molecule has 0 aromatic heterocycles. The quantitative estimate of drug-likeness (QED) is 0.569. The van der Waals surface area contributed by atoms with Crippen molar-refractivity contribution in [2.75, 3.05) is 13.2 Å². The normalized spacial score (nSPS) is 41.0. The average Bonchev–Trinajstić information content (AvgIpc) is 2.27. The van der Waals surface area contributed by atoms with Crippen LogP contribution in [0.2, 0.25) is 0 Å². The number of carbonyl (C=O) groups is 1. The van der Waals surface area contributed by atoms with Gasteiger partial charge in [-0.1, -0.05) is 6.42 Å². The second-order valence-electron chi connectivity index (χ2n) is 3.98. The Bertz CT molecular complexity index is 214. The number of ketones is 1. The van der Waals surface area contributed by atoms with Crippen LogP contribution in [0.1, 0.15) is 32.6 Å². The molecule has 3 heteroatoms. The van der Waals surface area contributed by atoms with Crippen LogP contribution in [-0.4, -0.2) is 30.7 Å². The summed E-state index contributed by atoms with van der Waals surface area (Å²) in [6, 6.07) is 0. The fraction of sp³-hybridized carbons (Fsp3) is 0.900. The third-order valence-electron chi connectivity index (χ3n) is 3.09.